The van der Waals surface area contributed by atoms with Crippen LogP contribution in [0.15, 0.2) is 5.18 Å². The summed E-state index contributed by atoms with van der Waals surface area (Å²) in [6, 6.07) is 0. The summed E-state index contributed by atoms with van der Waals surface area (Å²) in [6.07, 6.45) is 2.66. The topological polar surface area (TPSA) is 72.8 Å². The van der Waals surface area contributed by atoms with Crippen molar-refractivity contribution in [2.75, 3.05) is 7.11 Å². The third-order valence-electron chi connectivity index (χ3n) is 3.78. The van der Waals surface area contributed by atoms with Gasteiger partial charge in [0, 0.05) is 5.18 Å². The van der Waals surface area contributed by atoms with Crippen LogP contribution in [0, 0.1) is 28.6 Å². The van der Waals surface area contributed by atoms with Crippen LogP contribution in [0.25, 0.3) is 0 Å². The maximum atomic E-state index is 11.8. The molecular formula is C12H19NO4. The minimum Gasteiger partial charge on any atom is -0.469 e. The van der Waals surface area contributed by atoms with Gasteiger partial charge in [-0.15, -0.1) is 4.91 Å². The first-order chi connectivity index (χ1) is 8.02. The predicted octanol–water partition coefficient (Wildman–Crippen LogP) is 2.14. The van der Waals surface area contributed by atoms with Gasteiger partial charge in [0.25, 0.3) is 5.91 Å². The third-order valence-corrected chi connectivity index (χ3v) is 3.78. The highest BCUT2D eigenvalue weighted by Crippen LogP contribution is 2.38. The van der Waals surface area contributed by atoms with Crippen molar-refractivity contribution < 1.29 is 14.3 Å². The van der Waals surface area contributed by atoms with Crippen LogP contribution >= 0.6 is 0 Å². The molecule has 0 aliphatic heterocycles. The second-order valence-electron chi connectivity index (χ2n) is 4.89. The molecule has 1 rings (SSSR count). The minimum atomic E-state index is -0.721. The van der Waals surface area contributed by atoms with Crippen LogP contribution in [0.5, 0.6) is 0 Å². The molecule has 0 N–H and O–H groups in total. The molecule has 1 aliphatic carbocycles. The Bertz CT molecular complexity index is 316. The highest BCUT2D eigenvalue weighted by atomic mass is 16.5. The summed E-state index contributed by atoms with van der Waals surface area (Å²) >= 11 is 0. The Morgan fingerprint density at radius 3 is 2.12 bits per heavy atom. The van der Waals surface area contributed by atoms with Crippen molar-refractivity contribution in [2.24, 2.45) is 28.8 Å². The molecule has 1 amide bonds. The fourth-order valence-electron chi connectivity index (χ4n) is 2.80. The smallest absolute Gasteiger partial charge is 0.309 e. The summed E-state index contributed by atoms with van der Waals surface area (Å²) in [7, 11) is 1.31. The fraction of sp³-hybridized carbons (Fsp3) is 0.833. The molecular weight excluding hydrogens is 222 g/mol. The van der Waals surface area contributed by atoms with Crippen LogP contribution in [0.1, 0.15) is 33.1 Å². The van der Waals surface area contributed by atoms with Gasteiger partial charge < -0.3 is 4.74 Å². The highest BCUT2D eigenvalue weighted by molar-refractivity contribution is 5.86. The number of amides is 1. The van der Waals surface area contributed by atoms with Gasteiger partial charge in [-0.3, -0.25) is 9.59 Å². The molecule has 0 bridgehead atoms. The normalized spacial score (nSPS) is 33.6. The first kappa shape index (κ1) is 13.8. The van der Waals surface area contributed by atoms with Gasteiger partial charge in [-0.2, -0.15) is 0 Å². The fourth-order valence-corrected chi connectivity index (χ4v) is 2.80. The van der Waals surface area contributed by atoms with Crippen molar-refractivity contribution in [1.29, 1.82) is 0 Å². The first-order valence-electron chi connectivity index (χ1n) is 5.98. The van der Waals surface area contributed by atoms with E-state index in [1.807, 2.05) is 13.8 Å². The summed E-state index contributed by atoms with van der Waals surface area (Å²) in [5.74, 6) is -2.26. The quantitative estimate of drug-likeness (QED) is 0.422. The van der Waals surface area contributed by atoms with E-state index in [2.05, 4.69) is 5.18 Å². The van der Waals surface area contributed by atoms with Crippen molar-refractivity contribution >= 4 is 11.9 Å². The van der Waals surface area contributed by atoms with Gasteiger partial charge in [0.05, 0.1) is 18.9 Å². The molecule has 0 aromatic carbocycles. The molecule has 0 unspecified atom stereocenters. The molecule has 5 nitrogen and oxygen atoms in total. The second kappa shape index (κ2) is 5.89. The molecule has 0 spiro atoms. The lowest BCUT2D eigenvalue weighted by atomic mass is 9.77. The highest BCUT2D eigenvalue weighted by Gasteiger charge is 2.43. The van der Waals surface area contributed by atoms with Crippen molar-refractivity contribution in [3.8, 4) is 0 Å². The van der Waals surface area contributed by atoms with Crippen molar-refractivity contribution in [2.45, 2.75) is 33.1 Å². The second-order valence-corrected chi connectivity index (χ2v) is 4.89. The zero-order chi connectivity index (χ0) is 13.0. The third kappa shape index (κ3) is 2.90. The van der Waals surface area contributed by atoms with Crippen molar-refractivity contribution in [3.05, 3.63) is 4.91 Å². The lowest BCUT2D eigenvalue weighted by Crippen LogP contribution is -2.36. The Labute approximate surface area is 101 Å². The molecule has 0 aromatic rings. The monoisotopic (exact) mass is 241 g/mol. The van der Waals surface area contributed by atoms with E-state index in [-0.39, 0.29) is 11.8 Å². The zero-order valence-electron chi connectivity index (χ0n) is 10.5. The van der Waals surface area contributed by atoms with Gasteiger partial charge in [0.15, 0.2) is 0 Å². The SMILES string of the molecule is COC(=O)[C@H]1[C@H](C(=O)N=O)[C@H](C)CCC[C@@H]1C. The van der Waals surface area contributed by atoms with Crippen LogP contribution in [0.4, 0.5) is 0 Å². The summed E-state index contributed by atoms with van der Waals surface area (Å²) < 4.78 is 4.75. The lowest BCUT2D eigenvalue weighted by molar-refractivity contribution is -0.153. The summed E-state index contributed by atoms with van der Waals surface area (Å²) in [5.41, 5.74) is 0. The van der Waals surface area contributed by atoms with Crippen molar-refractivity contribution in [1.82, 2.24) is 0 Å². The summed E-state index contributed by atoms with van der Waals surface area (Å²) in [4.78, 5) is 33.9. The van der Waals surface area contributed by atoms with Crippen LogP contribution in [-0.4, -0.2) is 19.0 Å². The number of esters is 1. The molecule has 4 atom stereocenters. The summed E-state index contributed by atoms with van der Waals surface area (Å²) in [5, 5.41) is 2.51. The van der Waals surface area contributed by atoms with E-state index in [4.69, 9.17) is 4.74 Å². The van der Waals surface area contributed by atoms with Gasteiger partial charge in [-0.25, -0.2) is 0 Å². The Kier molecular flexibility index (Phi) is 4.78. The van der Waals surface area contributed by atoms with Gasteiger partial charge in [-0.1, -0.05) is 20.3 Å². The minimum absolute atomic E-state index is 0.00532. The van der Waals surface area contributed by atoms with Crippen LogP contribution in [-0.2, 0) is 14.3 Å². The number of ether oxygens (including phenoxy) is 1. The van der Waals surface area contributed by atoms with E-state index >= 15 is 0 Å². The molecule has 1 fully saturated rings. The number of rotatable bonds is 2. The van der Waals surface area contributed by atoms with E-state index < -0.39 is 23.7 Å². The van der Waals surface area contributed by atoms with Gasteiger partial charge in [0.1, 0.15) is 0 Å². The van der Waals surface area contributed by atoms with E-state index in [1.165, 1.54) is 7.11 Å². The van der Waals surface area contributed by atoms with Gasteiger partial charge in [-0.05, 0) is 24.7 Å². The van der Waals surface area contributed by atoms with Gasteiger partial charge in [0.2, 0.25) is 0 Å². The molecule has 0 radical (unpaired) electrons. The largest absolute Gasteiger partial charge is 0.469 e. The Morgan fingerprint density at radius 2 is 1.65 bits per heavy atom. The lowest BCUT2D eigenvalue weighted by Gasteiger charge is -2.27. The number of carbonyl (C=O) groups excluding carboxylic acids is 2. The molecule has 0 aromatic heterocycles. The van der Waals surface area contributed by atoms with E-state index in [9.17, 15) is 14.5 Å². The molecule has 0 saturated heterocycles. The molecule has 5 heteroatoms. The molecule has 1 aliphatic rings. The Hall–Kier alpha value is -1.26. The van der Waals surface area contributed by atoms with E-state index in [1.54, 1.807) is 0 Å². The van der Waals surface area contributed by atoms with Crippen molar-refractivity contribution in [3.63, 3.8) is 0 Å². The average molecular weight is 241 g/mol. The van der Waals surface area contributed by atoms with E-state index in [0.29, 0.717) is 0 Å². The number of carbonyl (C=O) groups is 2. The Balaban J connectivity index is 3.06. The molecule has 0 heterocycles. The molecule has 17 heavy (non-hydrogen) atoms. The number of methoxy groups -OCH3 is 1. The zero-order valence-corrected chi connectivity index (χ0v) is 10.5. The van der Waals surface area contributed by atoms with Gasteiger partial charge >= 0.3 is 5.97 Å². The standard InChI is InChI=1S/C12H19NO4/c1-7-5-4-6-8(2)10(12(15)17-3)9(7)11(14)13-16/h7-10H,4-6H2,1-3H3/t7-,8+,9-,10-/m1/s1. The van der Waals surface area contributed by atoms with Crippen LogP contribution in [0.2, 0.25) is 0 Å². The average Bonchev–Trinajstić information content (AvgIpc) is 2.46. The maximum absolute atomic E-state index is 11.8. The number of hydrogen-bond acceptors (Lipinski definition) is 4. The van der Waals surface area contributed by atoms with E-state index in [0.717, 1.165) is 19.3 Å². The number of nitroso groups, excluding NO2 is 1. The number of hydrogen-bond donors (Lipinski definition) is 0. The Morgan fingerprint density at radius 1 is 1.12 bits per heavy atom. The maximum Gasteiger partial charge on any atom is 0.309 e. The molecule has 1 saturated carbocycles. The predicted molar refractivity (Wildman–Crippen MR) is 62.0 cm³/mol. The molecule has 96 valence electrons. The first-order valence-corrected chi connectivity index (χ1v) is 5.98. The number of nitrogens with zero attached hydrogens (tertiary/aromatic N) is 1. The summed E-state index contributed by atoms with van der Waals surface area (Å²) in [6.45, 7) is 3.81. The van der Waals surface area contributed by atoms with Crippen LogP contribution in [0.3, 0.4) is 0 Å². The van der Waals surface area contributed by atoms with Crippen LogP contribution < -0.4 is 0 Å².